The number of H-pyrrole nitrogens is 1. The van der Waals surface area contributed by atoms with Crippen LogP contribution in [0.3, 0.4) is 0 Å². The van der Waals surface area contributed by atoms with E-state index in [4.69, 9.17) is 17.0 Å². The van der Waals surface area contributed by atoms with E-state index in [1.165, 1.54) is 0 Å². The van der Waals surface area contributed by atoms with Crippen LogP contribution in [0.2, 0.25) is 0 Å². The Morgan fingerprint density at radius 3 is 2.95 bits per heavy atom. The second-order valence-corrected chi connectivity index (χ2v) is 5.28. The fraction of sp³-hybridized carbons (Fsp3) is 0.267. The van der Waals surface area contributed by atoms with Gasteiger partial charge in [-0.25, -0.2) is 0 Å². The van der Waals surface area contributed by atoms with Gasteiger partial charge in [-0.15, -0.1) is 0 Å². The molecule has 1 atom stereocenters. The molecule has 1 saturated heterocycles. The Kier molecular flexibility index (Phi) is 3.96. The summed E-state index contributed by atoms with van der Waals surface area (Å²) in [6.45, 7) is 1.25. The molecule has 0 aromatic carbocycles. The molecule has 1 N–H and O–H groups in total. The van der Waals surface area contributed by atoms with Crippen molar-refractivity contribution in [2.75, 3.05) is 13.1 Å². The largest absolute Gasteiger partial charge is 0.488 e. The monoisotopic (exact) mass is 301 g/mol. The van der Waals surface area contributed by atoms with E-state index in [9.17, 15) is 4.79 Å². The minimum atomic E-state index is -0.0438. The number of aromatic amines is 1. The van der Waals surface area contributed by atoms with Crippen molar-refractivity contribution in [3.8, 4) is 5.75 Å². The zero-order valence-corrected chi connectivity index (χ0v) is 12.2. The second-order valence-electron chi connectivity index (χ2n) is 4.88. The van der Waals surface area contributed by atoms with Crippen molar-refractivity contribution in [3.63, 3.8) is 0 Å². The molecule has 0 aliphatic carbocycles. The van der Waals surface area contributed by atoms with Gasteiger partial charge in [0.25, 0.3) is 5.91 Å². The molecular weight excluding hydrogens is 286 g/mol. The first-order valence-electron chi connectivity index (χ1n) is 6.78. The molecule has 0 spiro atoms. The Hall–Kier alpha value is -2.21. The van der Waals surface area contributed by atoms with E-state index in [1.807, 2.05) is 12.1 Å². The molecule has 108 valence electrons. The molecule has 1 unspecified atom stereocenters. The molecule has 1 fully saturated rings. The molecule has 2 aromatic heterocycles. The molecule has 5 nitrogen and oxygen atoms in total. The molecule has 1 amide bonds. The lowest BCUT2D eigenvalue weighted by atomic mass is 10.2. The summed E-state index contributed by atoms with van der Waals surface area (Å²) in [4.78, 5) is 21.1. The maximum Gasteiger partial charge on any atom is 0.256 e. The van der Waals surface area contributed by atoms with Crippen molar-refractivity contribution in [1.29, 1.82) is 0 Å². The maximum absolute atomic E-state index is 12.4. The Morgan fingerprint density at radius 1 is 1.38 bits per heavy atom. The molecule has 0 bridgehead atoms. The predicted octanol–water partition coefficient (Wildman–Crippen LogP) is 2.43. The minimum absolute atomic E-state index is 0.0117. The van der Waals surface area contributed by atoms with Crippen molar-refractivity contribution >= 4 is 18.1 Å². The van der Waals surface area contributed by atoms with Gasteiger partial charge in [0.2, 0.25) is 0 Å². The van der Waals surface area contributed by atoms with Crippen LogP contribution in [0.15, 0.2) is 42.9 Å². The number of likely N-dealkylation sites (tertiary alicyclic amines) is 1. The topological polar surface area (TPSA) is 58.2 Å². The third kappa shape index (κ3) is 3.11. The fourth-order valence-corrected chi connectivity index (χ4v) is 2.60. The molecule has 3 heterocycles. The summed E-state index contributed by atoms with van der Waals surface area (Å²) in [6, 6.07) is 7.16. The number of nitrogens with zero attached hydrogens (tertiary/aromatic N) is 2. The van der Waals surface area contributed by atoms with Gasteiger partial charge in [-0.1, -0.05) is 12.2 Å². The van der Waals surface area contributed by atoms with Crippen molar-refractivity contribution in [3.05, 3.63) is 53.1 Å². The molecule has 2 aromatic rings. The van der Waals surface area contributed by atoms with Crippen LogP contribution in [-0.2, 0) is 0 Å². The number of hydrogen-bond donors (Lipinski definition) is 1. The van der Waals surface area contributed by atoms with Crippen LogP contribution >= 0.6 is 12.2 Å². The average molecular weight is 301 g/mol. The van der Waals surface area contributed by atoms with Crippen LogP contribution < -0.4 is 4.74 Å². The Balaban J connectivity index is 1.66. The first kappa shape index (κ1) is 13.8. The van der Waals surface area contributed by atoms with Crippen LogP contribution in [0.25, 0.3) is 0 Å². The zero-order valence-electron chi connectivity index (χ0n) is 11.4. The van der Waals surface area contributed by atoms with Crippen LogP contribution in [0.5, 0.6) is 5.75 Å². The Bertz CT molecular complexity index is 687. The van der Waals surface area contributed by atoms with E-state index in [0.29, 0.717) is 23.3 Å². The third-order valence-electron chi connectivity index (χ3n) is 3.43. The standard InChI is InChI=1S/C15H15N3O2S/c19-15(13-2-1-6-17-14(13)21)18-9-5-12(10-18)20-11-3-7-16-8-4-11/h1-4,6-8,12H,5,9-10H2,(H,17,21). The summed E-state index contributed by atoms with van der Waals surface area (Å²) in [5.41, 5.74) is 0.539. The number of hydrogen-bond acceptors (Lipinski definition) is 4. The summed E-state index contributed by atoms with van der Waals surface area (Å²) < 4.78 is 6.33. The number of amides is 1. The molecule has 0 saturated carbocycles. The summed E-state index contributed by atoms with van der Waals surface area (Å²) in [5, 5.41) is 0. The van der Waals surface area contributed by atoms with Crippen molar-refractivity contribution in [2.24, 2.45) is 0 Å². The highest BCUT2D eigenvalue weighted by Crippen LogP contribution is 2.19. The van der Waals surface area contributed by atoms with Gasteiger partial charge in [-0.05, 0) is 24.3 Å². The summed E-state index contributed by atoms with van der Waals surface area (Å²) in [5.74, 6) is 0.735. The van der Waals surface area contributed by atoms with Crippen molar-refractivity contribution in [1.82, 2.24) is 14.9 Å². The lowest BCUT2D eigenvalue weighted by molar-refractivity contribution is 0.0771. The normalized spacial score (nSPS) is 17.7. The molecule has 1 aliphatic rings. The quantitative estimate of drug-likeness (QED) is 0.885. The van der Waals surface area contributed by atoms with Crippen LogP contribution in [0.1, 0.15) is 16.8 Å². The molecule has 21 heavy (non-hydrogen) atoms. The number of pyridine rings is 2. The van der Waals surface area contributed by atoms with Gasteiger partial charge >= 0.3 is 0 Å². The third-order valence-corrected chi connectivity index (χ3v) is 3.77. The minimum Gasteiger partial charge on any atom is -0.488 e. The molecule has 1 aliphatic heterocycles. The number of carbonyl (C=O) groups excluding carboxylic acids is 1. The predicted molar refractivity (Wildman–Crippen MR) is 80.8 cm³/mol. The van der Waals surface area contributed by atoms with Gasteiger partial charge in [0.05, 0.1) is 12.1 Å². The van der Waals surface area contributed by atoms with Crippen LogP contribution in [0.4, 0.5) is 0 Å². The van der Waals surface area contributed by atoms with Crippen LogP contribution in [0, 0.1) is 4.64 Å². The van der Waals surface area contributed by atoms with E-state index < -0.39 is 0 Å². The summed E-state index contributed by atoms with van der Waals surface area (Å²) in [6.07, 6.45) is 5.93. The number of aromatic nitrogens is 2. The molecule has 6 heteroatoms. The highest BCUT2D eigenvalue weighted by Gasteiger charge is 2.28. The average Bonchev–Trinajstić information content (AvgIpc) is 2.97. The summed E-state index contributed by atoms with van der Waals surface area (Å²) in [7, 11) is 0. The van der Waals surface area contributed by atoms with E-state index in [1.54, 1.807) is 35.6 Å². The maximum atomic E-state index is 12.4. The number of nitrogens with one attached hydrogen (secondary N) is 1. The van der Waals surface area contributed by atoms with Gasteiger partial charge in [0.1, 0.15) is 16.5 Å². The Labute approximate surface area is 127 Å². The lowest BCUT2D eigenvalue weighted by Crippen LogP contribution is -2.31. The van der Waals surface area contributed by atoms with E-state index >= 15 is 0 Å². The highest BCUT2D eigenvalue weighted by atomic mass is 32.1. The SMILES string of the molecule is O=C(c1ccc[nH]c1=S)N1CCC(Oc2ccncc2)C1. The van der Waals surface area contributed by atoms with Gasteiger partial charge < -0.3 is 14.6 Å². The highest BCUT2D eigenvalue weighted by molar-refractivity contribution is 7.71. The fourth-order valence-electron chi connectivity index (χ4n) is 2.38. The number of rotatable bonds is 3. The first-order valence-corrected chi connectivity index (χ1v) is 7.18. The first-order chi connectivity index (χ1) is 10.2. The Morgan fingerprint density at radius 2 is 2.19 bits per heavy atom. The van der Waals surface area contributed by atoms with E-state index in [-0.39, 0.29) is 12.0 Å². The number of ether oxygens (including phenoxy) is 1. The van der Waals surface area contributed by atoms with Gasteiger partial charge in [0, 0.05) is 31.6 Å². The van der Waals surface area contributed by atoms with Crippen molar-refractivity contribution in [2.45, 2.75) is 12.5 Å². The molecule has 0 radical (unpaired) electrons. The molecular formula is C15H15N3O2S. The van der Waals surface area contributed by atoms with E-state index in [2.05, 4.69) is 9.97 Å². The lowest BCUT2D eigenvalue weighted by Gasteiger charge is -2.17. The van der Waals surface area contributed by atoms with E-state index in [0.717, 1.165) is 12.2 Å². The van der Waals surface area contributed by atoms with Gasteiger partial charge in [-0.2, -0.15) is 0 Å². The van der Waals surface area contributed by atoms with Gasteiger partial charge in [0.15, 0.2) is 0 Å². The number of carbonyl (C=O) groups is 1. The zero-order chi connectivity index (χ0) is 14.7. The smallest absolute Gasteiger partial charge is 0.256 e. The van der Waals surface area contributed by atoms with Crippen LogP contribution in [-0.4, -0.2) is 40.0 Å². The van der Waals surface area contributed by atoms with Crippen molar-refractivity contribution < 1.29 is 9.53 Å². The molecule has 3 rings (SSSR count). The second kappa shape index (κ2) is 6.05. The summed E-state index contributed by atoms with van der Waals surface area (Å²) >= 11 is 5.16. The van der Waals surface area contributed by atoms with Gasteiger partial charge in [-0.3, -0.25) is 9.78 Å².